The van der Waals surface area contributed by atoms with Gasteiger partial charge < -0.3 is 10.2 Å². The summed E-state index contributed by atoms with van der Waals surface area (Å²) in [4.78, 5) is 27.9. The Hall–Kier alpha value is -3.11. The average molecular weight is 405 g/mol. The molecule has 1 atom stereocenters. The number of nitrogens with zero attached hydrogens (tertiary/aromatic N) is 1. The van der Waals surface area contributed by atoms with Crippen LogP contribution in [0, 0.1) is 0 Å². The fourth-order valence-electron chi connectivity index (χ4n) is 3.77. The number of halogens is 1. The van der Waals surface area contributed by atoms with Gasteiger partial charge in [-0.05, 0) is 43.2 Å². The van der Waals surface area contributed by atoms with Gasteiger partial charge in [-0.1, -0.05) is 60.1 Å². The Kier molecular flexibility index (Phi) is 5.36. The molecule has 5 heteroatoms. The molecular formula is C24H21ClN2O2. The molecule has 0 spiro atoms. The predicted octanol–water partition coefficient (Wildman–Crippen LogP) is 4.96. The van der Waals surface area contributed by atoms with Crippen molar-refractivity contribution in [3.8, 4) is 0 Å². The molecule has 4 rings (SSSR count). The van der Waals surface area contributed by atoms with E-state index in [9.17, 15) is 9.59 Å². The van der Waals surface area contributed by atoms with E-state index in [1.54, 1.807) is 30.3 Å². The minimum atomic E-state index is -0.178. The number of hydrogen-bond acceptors (Lipinski definition) is 3. The second-order valence-electron chi connectivity index (χ2n) is 7.24. The molecule has 0 fully saturated rings. The number of amides is 1. The lowest BCUT2D eigenvalue weighted by Crippen LogP contribution is -2.37. The smallest absolute Gasteiger partial charge is 0.243 e. The van der Waals surface area contributed by atoms with Crippen LogP contribution in [0.5, 0.6) is 0 Å². The van der Waals surface area contributed by atoms with E-state index in [0.717, 1.165) is 12.1 Å². The van der Waals surface area contributed by atoms with Crippen LogP contribution in [0.15, 0.2) is 72.8 Å². The van der Waals surface area contributed by atoms with E-state index >= 15 is 0 Å². The molecule has 3 aromatic rings. The monoisotopic (exact) mass is 404 g/mol. The zero-order chi connectivity index (χ0) is 20.4. The lowest BCUT2D eigenvalue weighted by atomic mass is 10.0. The van der Waals surface area contributed by atoms with Crippen LogP contribution >= 0.6 is 11.6 Å². The summed E-state index contributed by atoms with van der Waals surface area (Å²) in [7, 11) is 0. The molecule has 1 heterocycles. The van der Waals surface area contributed by atoms with Crippen LogP contribution in [0.3, 0.4) is 0 Å². The van der Waals surface area contributed by atoms with Gasteiger partial charge in [0.2, 0.25) is 5.91 Å². The molecule has 0 aromatic heterocycles. The first-order valence-electron chi connectivity index (χ1n) is 9.56. The number of carbonyl (C=O) groups excluding carboxylic acids is 2. The Morgan fingerprint density at radius 1 is 1.03 bits per heavy atom. The van der Waals surface area contributed by atoms with Crippen LogP contribution in [0.4, 0.5) is 11.4 Å². The maximum absolute atomic E-state index is 12.9. The molecule has 4 nitrogen and oxygen atoms in total. The van der Waals surface area contributed by atoms with Crippen LogP contribution in [-0.4, -0.2) is 24.3 Å². The SMILES string of the molecule is CC1Cc2ccccc2N1CC(=O)Nc1ccc(Cl)cc1C(=O)c1ccccc1. The molecule has 1 aliphatic rings. The molecular weight excluding hydrogens is 384 g/mol. The fourth-order valence-corrected chi connectivity index (χ4v) is 3.95. The zero-order valence-corrected chi connectivity index (χ0v) is 16.8. The van der Waals surface area contributed by atoms with Crippen molar-refractivity contribution in [1.82, 2.24) is 0 Å². The quantitative estimate of drug-likeness (QED) is 0.611. The summed E-state index contributed by atoms with van der Waals surface area (Å²) < 4.78 is 0. The summed E-state index contributed by atoms with van der Waals surface area (Å²) in [5.74, 6) is -0.346. The number of para-hydroxylation sites is 1. The number of anilines is 2. The average Bonchev–Trinajstić information content (AvgIpc) is 3.04. The lowest BCUT2D eigenvalue weighted by molar-refractivity contribution is -0.115. The van der Waals surface area contributed by atoms with Gasteiger partial charge in [-0.3, -0.25) is 9.59 Å². The van der Waals surface area contributed by atoms with E-state index in [0.29, 0.717) is 21.8 Å². The summed E-state index contributed by atoms with van der Waals surface area (Å²) in [6.07, 6.45) is 0.919. The molecule has 1 aliphatic heterocycles. The maximum Gasteiger partial charge on any atom is 0.243 e. The van der Waals surface area contributed by atoms with Gasteiger partial charge in [0, 0.05) is 27.9 Å². The topological polar surface area (TPSA) is 49.4 Å². The zero-order valence-electron chi connectivity index (χ0n) is 16.1. The van der Waals surface area contributed by atoms with Crippen molar-refractivity contribution < 1.29 is 9.59 Å². The van der Waals surface area contributed by atoms with E-state index in [1.165, 1.54) is 5.56 Å². The summed E-state index contributed by atoms with van der Waals surface area (Å²) in [6.45, 7) is 2.33. The summed E-state index contributed by atoms with van der Waals surface area (Å²) in [5, 5.41) is 3.36. The third-order valence-corrected chi connectivity index (χ3v) is 5.43. The molecule has 29 heavy (non-hydrogen) atoms. The van der Waals surface area contributed by atoms with E-state index in [4.69, 9.17) is 11.6 Å². The minimum absolute atomic E-state index is 0.169. The fraction of sp³-hybridized carbons (Fsp3) is 0.167. The molecule has 0 bridgehead atoms. The first-order chi connectivity index (χ1) is 14.0. The third kappa shape index (κ3) is 4.03. The highest BCUT2D eigenvalue weighted by Crippen LogP contribution is 2.31. The van der Waals surface area contributed by atoms with Crippen molar-refractivity contribution in [2.45, 2.75) is 19.4 Å². The Bertz CT molecular complexity index is 1070. The highest BCUT2D eigenvalue weighted by molar-refractivity contribution is 6.31. The predicted molar refractivity (Wildman–Crippen MR) is 117 cm³/mol. The van der Waals surface area contributed by atoms with Gasteiger partial charge in [0.1, 0.15) is 0 Å². The van der Waals surface area contributed by atoms with Gasteiger partial charge in [-0.2, -0.15) is 0 Å². The van der Waals surface area contributed by atoms with E-state index in [1.807, 2.05) is 36.4 Å². The second kappa shape index (κ2) is 8.10. The van der Waals surface area contributed by atoms with Gasteiger partial charge in [-0.15, -0.1) is 0 Å². The third-order valence-electron chi connectivity index (χ3n) is 5.20. The molecule has 0 aliphatic carbocycles. The second-order valence-corrected chi connectivity index (χ2v) is 7.68. The van der Waals surface area contributed by atoms with Crippen LogP contribution < -0.4 is 10.2 Å². The van der Waals surface area contributed by atoms with Crippen LogP contribution in [-0.2, 0) is 11.2 Å². The molecule has 3 aromatic carbocycles. The largest absolute Gasteiger partial charge is 0.359 e. The van der Waals surface area contributed by atoms with Gasteiger partial charge in [-0.25, -0.2) is 0 Å². The number of ketones is 1. The summed E-state index contributed by atoms with van der Waals surface area (Å²) in [5.41, 5.74) is 3.73. The first-order valence-corrected chi connectivity index (χ1v) is 9.94. The Morgan fingerprint density at radius 2 is 1.76 bits per heavy atom. The summed E-state index contributed by atoms with van der Waals surface area (Å²) in [6, 6.07) is 22.3. The molecule has 1 N–H and O–H groups in total. The number of carbonyl (C=O) groups is 2. The highest BCUT2D eigenvalue weighted by Gasteiger charge is 2.27. The number of fused-ring (bicyclic) bond motifs is 1. The minimum Gasteiger partial charge on any atom is -0.359 e. The van der Waals surface area contributed by atoms with E-state index < -0.39 is 0 Å². The van der Waals surface area contributed by atoms with Crippen molar-refractivity contribution in [2.24, 2.45) is 0 Å². The molecule has 1 unspecified atom stereocenters. The van der Waals surface area contributed by atoms with E-state index in [-0.39, 0.29) is 24.3 Å². The van der Waals surface area contributed by atoms with Crippen LogP contribution in [0.2, 0.25) is 5.02 Å². The van der Waals surface area contributed by atoms with Crippen molar-refractivity contribution in [1.29, 1.82) is 0 Å². The maximum atomic E-state index is 12.9. The standard InChI is InChI=1S/C24H21ClN2O2/c1-16-13-18-9-5-6-10-22(18)27(16)15-23(28)26-21-12-11-19(25)14-20(21)24(29)17-7-3-2-4-8-17/h2-12,14,16H,13,15H2,1H3,(H,26,28). The van der Waals surface area contributed by atoms with Crippen molar-refractivity contribution in [3.05, 3.63) is 94.5 Å². The summed E-state index contributed by atoms with van der Waals surface area (Å²) >= 11 is 6.12. The number of rotatable bonds is 5. The molecule has 0 saturated heterocycles. The molecule has 0 radical (unpaired) electrons. The number of benzene rings is 3. The van der Waals surface area contributed by atoms with Crippen molar-refractivity contribution in [3.63, 3.8) is 0 Å². The van der Waals surface area contributed by atoms with Crippen LogP contribution in [0.25, 0.3) is 0 Å². The van der Waals surface area contributed by atoms with Gasteiger partial charge in [0.25, 0.3) is 0 Å². The Labute approximate surface area is 175 Å². The van der Waals surface area contributed by atoms with Gasteiger partial charge in [0.05, 0.1) is 12.2 Å². The lowest BCUT2D eigenvalue weighted by Gasteiger charge is -2.24. The molecule has 1 amide bonds. The Balaban J connectivity index is 1.56. The van der Waals surface area contributed by atoms with Crippen LogP contribution in [0.1, 0.15) is 28.4 Å². The van der Waals surface area contributed by atoms with Crippen molar-refractivity contribution in [2.75, 3.05) is 16.8 Å². The first kappa shape index (κ1) is 19.2. The van der Waals surface area contributed by atoms with Crippen molar-refractivity contribution >= 4 is 34.7 Å². The van der Waals surface area contributed by atoms with Gasteiger partial charge >= 0.3 is 0 Å². The van der Waals surface area contributed by atoms with E-state index in [2.05, 4.69) is 23.2 Å². The molecule has 0 saturated carbocycles. The van der Waals surface area contributed by atoms with Gasteiger partial charge in [0.15, 0.2) is 5.78 Å². The normalized spacial score (nSPS) is 15.1. The Morgan fingerprint density at radius 3 is 2.55 bits per heavy atom. The number of hydrogen-bond donors (Lipinski definition) is 1. The number of nitrogens with one attached hydrogen (secondary N) is 1. The molecule has 146 valence electrons. The highest BCUT2D eigenvalue weighted by atomic mass is 35.5.